The van der Waals surface area contributed by atoms with Crippen LogP contribution in [-0.4, -0.2) is 61.1 Å². The molecular formula is C19H23N3O6S. The van der Waals surface area contributed by atoms with Crippen LogP contribution in [0.15, 0.2) is 23.3 Å². The van der Waals surface area contributed by atoms with Crippen LogP contribution in [0.1, 0.15) is 30.4 Å². The first-order chi connectivity index (χ1) is 13.6. The van der Waals surface area contributed by atoms with Gasteiger partial charge in [-0.1, -0.05) is 17.7 Å². The number of carbonyl (C=O) groups is 3. The molecule has 0 unspecified atom stereocenters. The lowest BCUT2D eigenvalue weighted by atomic mass is 10.1. The Bertz CT molecular complexity index is 986. The van der Waals surface area contributed by atoms with E-state index in [1.54, 1.807) is 6.07 Å². The molecule has 1 aromatic rings. The summed E-state index contributed by atoms with van der Waals surface area (Å²) < 4.78 is 28.3. The molecule has 1 atom stereocenters. The number of benzene rings is 1. The van der Waals surface area contributed by atoms with Crippen molar-refractivity contribution in [1.82, 2.24) is 5.01 Å². The number of rotatable bonds is 5. The molecule has 1 aromatic carbocycles. The molecule has 29 heavy (non-hydrogen) atoms. The summed E-state index contributed by atoms with van der Waals surface area (Å²) in [7, 11) is -3.20. The maximum absolute atomic E-state index is 12.3. The quantitative estimate of drug-likeness (QED) is 0.707. The molecule has 1 saturated heterocycles. The Morgan fingerprint density at radius 3 is 2.69 bits per heavy atom. The summed E-state index contributed by atoms with van der Waals surface area (Å²) in [4.78, 5) is 36.4. The number of aryl methyl sites for hydroxylation is 2. The van der Waals surface area contributed by atoms with Gasteiger partial charge in [0.15, 0.2) is 16.4 Å². The van der Waals surface area contributed by atoms with Crippen molar-refractivity contribution < 1.29 is 27.5 Å². The van der Waals surface area contributed by atoms with E-state index >= 15 is 0 Å². The van der Waals surface area contributed by atoms with Gasteiger partial charge in [-0.2, -0.15) is 5.10 Å². The molecular weight excluding hydrogens is 398 g/mol. The number of hydrazone groups is 1. The third-order valence-corrected chi connectivity index (χ3v) is 6.59. The van der Waals surface area contributed by atoms with E-state index in [0.29, 0.717) is 5.69 Å². The van der Waals surface area contributed by atoms with Crippen molar-refractivity contribution >= 4 is 39.0 Å². The monoisotopic (exact) mass is 421 g/mol. The van der Waals surface area contributed by atoms with Crippen molar-refractivity contribution in [2.24, 2.45) is 5.10 Å². The normalized spacial score (nSPS) is 20.9. The molecule has 0 spiro atoms. The maximum atomic E-state index is 12.3. The van der Waals surface area contributed by atoms with E-state index in [2.05, 4.69) is 10.4 Å². The molecule has 10 heteroatoms. The Morgan fingerprint density at radius 2 is 2.03 bits per heavy atom. The SMILES string of the molecule is Cc1ccc(NC(=O)COC(=O)C2=NN([C@H]3CCS(=O)(=O)C3)C(=O)CC2)c(C)c1. The van der Waals surface area contributed by atoms with Crippen LogP contribution in [0.4, 0.5) is 5.69 Å². The Balaban J connectivity index is 1.59. The van der Waals surface area contributed by atoms with E-state index in [1.165, 1.54) is 0 Å². The van der Waals surface area contributed by atoms with Crippen LogP contribution >= 0.6 is 0 Å². The van der Waals surface area contributed by atoms with Gasteiger partial charge in [-0.25, -0.2) is 18.2 Å². The fourth-order valence-electron chi connectivity index (χ4n) is 3.33. The van der Waals surface area contributed by atoms with E-state index in [9.17, 15) is 22.8 Å². The smallest absolute Gasteiger partial charge is 0.355 e. The third-order valence-electron chi connectivity index (χ3n) is 4.84. The van der Waals surface area contributed by atoms with Crippen LogP contribution in [0.2, 0.25) is 0 Å². The molecule has 0 aromatic heterocycles. The first kappa shape index (κ1) is 21.0. The topological polar surface area (TPSA) is 122 Å². The standard InChI is InChI=1S/C19H23N3O6S/c1-12-3-4-15(13(2)9-12)20-17(23)10-28-19(25)16-5-6-18(24)22(21-16)14-7-8-29(26,27)11-14/h3-4,9,14H,5-8,10-11H2,1-2H3,(H,20,23)/t14-/m0/s1. The first-order valence-electron chi connectivity index (χ1n) is 9.29. The molecule has 0 radical (unpaired) electrons. The number of amides is 2. The van der Waals surface area contributed by atoms with Crippen LogP contribution in [0, 0.1) is 13.8 Å². The zero-order valence-corrected chi connectivity index (χ0v) is 17.1. The molecule has 1 fully saturated rings. The van der Waals surface area contributed by atoms with Gasteiger partial charge < -0.3 is 10.1 Å². The predicted molar refractivity (Wildman–Crippen MR) is 106 cm³/mol. The molecule has 1 N–H and O–H groups in total. The van der Waals surface area contributed by atoms with Crippen LogP contribution in [0.25, 0.3) is 0 Å². The van der Waals surface area contributed by atoms with Gasteiger partial charge in [0.2, 0.25) is 5.91 Å². The second-order valence-electron chi connectivity index (χ2n) is 7.28. The summed E-state index contributed by atoms with van der Waals surface area (Å²) in [5.74, 6) is -1.77. The molecule has 2 aliphatic rings. The zero-order valence-electron chi connectivity index (χ0n) is 16.3. The number of hydrogen-bond donors (Lipinski definition) is 1. The van der Waals surface area contributed by atoms with Crippen molar-refractivity contribution in [2.75, 3.05) is 23.4 Å². The molecule has 9 nitrogen and oxygen atoms in total. The van der Waals surface area contributed by atoms with Crippen LogP contribution in [0.3, 0.4) is 0 Å². The van der Waals surface area contributed by atoms with E-state index in [0.717, 1.165) is 16.1 Å². The number of anilines is 1. The summed E-state index contributed by atoms with van der Waals surface area (Å²) >= 11 is 0. The Morgan fingerprint density at radius 1 is 1.28 bits per heavy atom. The Kier molecular flexibility index (Phi) is 6.02. The molecule has 0 bridgehead atoms. The van der Waals surface area contributed by atoms with Gasteiger partial charge in [-0.05, 0) is 31.9 Å². The first-order valence-corrected chi connectivity index (χ1v) is 11.1. The number of nitrogens with zero attached hydrogens (tertiary/aromatic N) is 2. The number of nitrogens with one attached hydrogen (secondary N) is 1. The second-order valence-corrected chi connectivity index (χ2v) is 9.51. The van der Waals surface area contributed by atoms with Crippen molar-refractivity contribution in [1.29, 1.82) is 0 Å². The highest BCUT2D eigenvalue weighted by molar-refractivity contribution is 7.91. The van der Waals surface area contributed by atoms with E-state index in [-0.39, 0.29) is 42.4 Å². The zero-order chi connectivity index (χ0) is 21.2. The fourth-order valence-corrected chi connectivity index (χ4v) is 5.02. The lowest BCUT2D eigenvalue weighted by molar-refractivity contribution is -0.141. The lowest BCUT2D eigenvalue weighted by Gasteiger charge is -2.27. The average Bonchev–Trinajstić information content (AvgIpc) is 3.02. The summed E-state index contributed by atoms with van der Waals surface area (Å²) in [6.45, 7) is 3.32. The van der Waals surface area contributed by atoms with Gasteiger partial charge in [-0.3, -0.25) is 9.59 Å². The molecule has 3 rings (SSSR count). The molecule has 0 aliphatic carbocycles. The highest BCUT2D eigenvalue weighted by atomic mass is 32.2. The van der Waals surface area contributed by atoms with Gasteiger partial charge in [-0.15, -0.1) is 0 Å². The van der Waals surface area contributed by atoms with Crippen LogP contribution < -0.4 is 5.32 Å². The van der Waals surface area contributed by atoms with Gasteiger partial charge in [0, 0.05) is 18.5 Å². The average molecular weight is 421 g/mol. The minimum absolute atomic E-state index is 0.00462. The molecule has 2 aliphatic heterocycles. The molecule has 2 heterocycles. The van der Waals surface area contributed by atoms with E-state index in [1.807, 2.05) is 26.0 Å². The van der Waals surface area contributed by atoms with Crippen molar-refractivity contribution in [3.05, 3.63) is 29.3 Å². The summed E-state index contributed by atoms with van der Waals surface area (Å²) in [5, 5.41) is 7.79. The van der Waals surface area contributed by atoms with Gasteiger partial charge in [0.25, 0.3) is 5.91 Å². The third kappa shape index (κ3) is 5.20. The highest BCUT2D eigenvalue weighted by Crippen LogP contribution is 2.22. The fraction of sp³-hybridized carbons (Fsp3) is 0.474. The lowest BCUT2D eigenvalue weighted by Crippen LogP contribution is -2.42. The number of carbonyl (C=O) groups excluding carboxylic acids is 3. The number of hydrogen-bond acceptors (Lipinski definition) is 7. The maximum Gasteiger partial charge on any atom is 0.355 e. The van der Waals surface area contributed by atoms with Crippen molar-refractivity contribution in [3.8, 4) is 0 Å². The van der Waals surface area contributed by atoms with Crippen LogP contribution in [-0.2, 0) is 29.0 Å². The number of esters is 1. The number of sulfone groups is 1. The Hall–Kier alpha value is -2.75. The summed E-state index contributed by atoms with van der Waals surface area (Å²) in [6, 6.07) is 4.99. The second kappa shape index (κ2) is 8.32. The minimum Gasteiger partial charge on any atom is -0.451 e. The van der Waals surface area contributed by atoms with Crippen molar-refractivity contribution in [2.45, 2.75) is 39.2 Å². The summed E-state index contributed by atoms with van der Waals surface area (Å²) in [5.41, 5.74) is 2.59. The van der Waals surface area contributed by atoms with Crippen molar-refractivity contribution in [3.63, 3.8) is 0 Å². The number of ether oxygens (including phenoxy) is 1. The van der Waals surface area contributed by atoms with E-state index in [4.69, 9.17) is 4.74 Å². The minimum atomic E-state index is -3.20. The molecule has 0 saturated carbocycles. The predicted octanol–water partition coefficient (Wildman–Crippen LogP) is 0.951. The van der Waals surface area contributed by atoms with Gasteiger partial charge in [0.1, 0.15) is 5.71 Å². The largest absolute Gasteiger partial charge is 0.451 e. The summed E-state index contributed by atoms with van der Waals surface area (Å²) in [6.07, 6.45) is 0.420. The molecule has 156 valence electrons. The van der Waals surface area contributed by atoms with Crippen LogP contribution in [0.5, 0.6) is 0 Å². The van der Waals surface area contributed by atoms with E-state index < -0.39 is 34.4 Å². The Labute approximate surface area is 169 Å². The highest BCUT2D eigenvalue weighted by Gasteiger charge is 2.37. The van der Waals surface area contributed by atoms with Gasteiger partial charge in [0.05, 0.1) is 17.5 Å². The van der Waals surface area contributed by atoms with Gasteiger partial charge >= 0.3 is 5.97 Å². The molecule has 2 amide bonds.